The highest BCUT2D eigenvalue weighted by Gasteiger charge is 2.34. The van der Waals surface area contributed by atoms with Crippen molar-refractivity contribution in [3.8, 4) is 5.75 Å². The molecule has 2 aromatic rings. The molecule has 2 aromatic carbocycles. The lowest BCUT2D eigenvalue weighted by atomic mass is 10.0. The monoisotopic (exact) mass is 371 g/mol. The van der Waals surface area contributed by atoms with Crippen molar-refractivity contribution in [3.63, 3.8) is 0 Å². The fraction of sp³-hybridized carbons (Fsp3) is 0.333. The third kappa shape index (κ3) is 4.13. The van der Waals surface area contributed by atoms with Crippen LogP contribution in [-0.2, 0) is 6.42 Å². The van der Waals surface area contributed by atoms with E-state index in [-0.39, 0.29) is 18.5 Å². The first-order valence-corrected chi connectivity index (χ1v) is 8.14. The van der Waals surface area contributed by atoms with Crippen molar-refractivity contribution in [1.82, 2.24) is 4.90 Å². The summed E-state index contributed by atoms with van der Waals surface area (Å²) in [6.45, 7) is 0.987. The molecule has 1 aliphatic rings. The average Bonchev–Trinajstić information content (AvgIpc) is 2.80. The molecule has 0 aliphatic heterocycles. The van der Waals surface area contributed by atoms with Crippen LogP contribution in [0.2, 0.25) is 10.0 Å². The molecule has 5 heteroatoms. The lowest BCUT2D eigenvalue weighted by Crippen LogP contribution is -2.27. The molecule has 2 nitrogen and oxygen atoms in total. The smallest absolute Gasteiger partial charge is 0.128 e. The maximum atomic E-state index is 6.28. The third-order valence-electron chi connectivity index (χ3n) is 4.03. The highest BCUT2D eigenvalue weighted by molar-refractivity contribution is 6.42. The zero-order valence-corrected chi connectivity index (χ0v) is 15.5. The van der Waals surface area contributed by atoms with Crippen LogP contribution in [0.3, 0.4) is 0 Å². The van der Waals surface area contributed by atoms with E-state index >= 15 is 0 Å². The molecule has 0 bridgehead atoms. The molecule has 23 heavy (non-hydrogen) atoms. The summed E-state index contributed by atoms with van der Waals surface area (Å²) in [6.07, 6.45) is 1.09. The van der Waals surface area contributed by atoms with Crippen LogP contribution in [0.15, 0.2) is 42.5 Å². The normalized spacial score (nSPS) is 19.3. The molecular formula is C18H20Cl3NO. The molecule has 0 fully saturated rings. The lowest BCUT2D eigenvalue weighted by Gasteiger charge is -2.25. The van der Waals surface area contributed by atoms with Gasteiger partial charge < -0.3 is 9.64 Å². The number of benzene rings is 2. The van der Waals surface area contributed by atoms with Crippen LogP contribution < -0.4 is 4.74 Å². The van der Waals surface area contributed by atoms with Crippen molar-refractivity contribution in [3.05, 3.63) is 63.6 Å². The zero-order valence-electron chi connectivity index (χ0n) is 13.1. The summed E-state index contributed by atoms with van der Waals surface area (Å²) in [5, 5.41) is 1.07. The molecule has 0 N–H and O–H groups in total. The van der Waals surface area contributed by atoms with Crippen LogP contribution in [0.25, 0.3) is 0 Å². The minimum atomic E-state index is 0. The minimum absolute atomic E-state index is 0. The molecule has 0 radical (unpaired) electrons. The van der Waals surface area contributed by atoms with Gasteiger partial charge in [0.1, 0.15) is 11.9 Å². The largest absolute Gasteiger partial charge is 0.485 e. The van der Waals surface area contributed by atoms with Gasteiger partial charge in [-0.1, -0.05) is 47.5 Å². The highest BCUT2D eigenvalue weighted by atomic mass is 35.5. The van der Waals surface area contributed by atoms with Gasteiger partial charge >= 0.3 is 0 Å². The molecule has 2 atom stereocenters. The number of halogens is 3. The van der Waals surface area contributed by atoms with Crippen molar-refractivity contribution in [2.75, 3.05) is 20.6 Å². The lowest BCUT2D eigenvalue weighted by molar-refractivity contribution is 0.128. The molecule has 0 amide bonds. The average molecular weight is 373 g/mol. The Morgan fingerprint density at radius 1 is 1.09 bits per heavy atom. The second-order valence-corrected chi connectivity index (χ2v) is 6.85. The van der Waals surface area contributed by atoms with Gasteiger partial charge in [-0.2, -0.15) is 0 Å². The molecule has 0 saturated heterocycles. The number of ether oxygens (including phenoxy) is 1. The quantitative estimate of drug-likeness (QED) is 0.725. The molecule has 124 valence electrons. The van der Waals surface area contributed by atoms with Crippen molar-refractivity contribution in [2.45, 2.75) is 12.5 Å². The number of hydrogen-bond acceptors (Lipinski definition) is 2. The van der Waals surface area contributed by atoms with Crippen LogP contribution in [0.1, 0.15) is 17.2 Å². The van der Waals surface area contributed by atoms with Crippen LogP contribution >= 0.6 is 35.6 Å². The van der Waals surface area contributed by atoms with Gasteiger partial charge in [0.25, 0.3) is 0 Å². The van der Waals surface area contributed by atoms with Gasteiger partial charge in [0.15, 0.2) is 0 Å². The Hall–Kier alpha value is -0.930. The number of hydrogen-bond donors (Lipinski definition) is 0. The third-order valence-corrected chi connectivity index (χ3v) is 4.76. The van der Waals surface area contributed by atoms with Crippen LogP contribution in [0.5, 0.6) is 5.75 Å². The van der Waals surface area contributed by atoms with E-state index in [1.54, 1.807) is 12.1 Å². The first-order chi connectivity index (χ1) is 10.5. The Bertz CT molecular complexity index is 675. The number of rotatable bonds is 4. The van der Waals surface area contributed by atoms with Crippen molar-refractivity contribution in [2.24, 2.45) is 5.92 Å². The van der Waals surface area contributed by atoms with Gasteiger partial charge in [-0.25, -0.2) is 0 Å². The van der Waals surface area contributed by atoms with Crippen LogP contribution in [-0.4, -0.2) is 25.5 Å². The fourth-order valence-electron chi connectivity index (χ4n) is 3.13. The Morgan fingerprint density at radius 2 is 1.83 bits per heavy atom. The SMILES string of the molecule is CN(C)CC1Cc2ccccc2C1Oc1ccc(Cl)c(Cl)c1.Cl. The number of fused-ring (bicyclic) bond motifs is 1. The molecule has 3 rings (SSSR count). The van der Waals surface area contributed by atoms with E-state index in [0.29, 0.717) is 16.0 Å². The summed E-state index contributed by atoms with van der Waals surface area (Å²) in [4.78, 5) is 2.21. The number of nitrogens with zero attached hydrogens (tertiary/aromatic N) is 1. The second kappa shape index (κ2) is 7.76. The Labute approximate surface area is 153 Å². The van der Waals surface area contributed by atoms with E-state index < -0.39 is 0 Å². The standard InChI is InChI=1S/C18H19Cl2NO.ClH/c1-21(2)11-13-9-12-5-3-4-6-15(12)18(13)22-14-7-8-16(19)17(20)10-14;/h3-8,10,13,18H,9,11H2,1-2H3;1H. The first kappa shape index (κ1) is 18.4. The van der Waals surface area contributed by atoms with E-state index in [2.05, 4.69) is 43.3 Å². The second-order valence-electron chi connectivity index (χ2n) is 6.04. The Balaban J connectivity index is 0.00000192. The van der Waals surface area contributed by atoms with Gasteiger partial charge in [-0.15, -0.1) is 12.4 Å². The van der Waals surface area contributed by atoms with E-state index in [1.807, 2.05) is 6.07 Å². The molecule has 0 aromatic heterocycles. The van der Waals surface area contributed by atoms with Gasteiger partial charge in [0.05, 0.1) is 10.0 Å². The van der Waals surface area contributed by atoms with E-state index in [4.69, 9.17) is 27.9 Å². The summed E-state index contributed by atoms with van der Waals surface area (Å²) in [5.74, 6) is 1.20. The van der Waals surface area contributed by atoms with Crippen molar-refractivity contribution >= 4 is 35.6 Å². The Morgan fingerprint density at radius 3 is 2.52 bits per heavy atom. The summed E-state index contributed by atoms with van der Waals surface area (Å²) in [5.41, 5.74) is 2.65. The van der Waals surface area contributed by atoms with Gasteiger partial charge in [0.2, 0.25) is 0 Å². The summed E-state index contributed by atoms with van der Waals surface area (Å²) < 4.78 is 6.28. The van der Waals surface area contributed by atoms with Gasteiger partial charge in [-0.3, -0.25) is 0 Å². The molecule has 0 saturated carbocycles. The van der Waals surface area contributed by atoms with Crippen LogP contribution in [0, 0.1) is 5.92 Å². The predicted molar refractivity (Wildman–Crippen MR) is 99.3 cm³/mol. The van der Waals surface area contributed by atoms with E-state index in [0.717, 1.165) is 18.7 Å². The van der Waals surface area contributed by atoms with Crippen LogP contribution in [0.4, 0.5) is 0 Å². The fourth-order valence-corrected chi connectivity index (χ4v) is 3.41. The van der Waals surface area contributed by atoms with Gasteiger partial charge in [-0.05, 0) is 43.8 Å². The maximum Gasteiger partial charge on any atom is 0.128 e. The van der Waals surface area contributed by atoms with Crippen molar-refractivity contribution in [1.29, 1.82) is 0 Å². The van der Waals surface area contributed by atoms with E-state index in [1.165, 1.54) is 11.1 Å². The molecule has 0 spiro atoms. The highest BCUT2D eigenvalue weighted by Crippen LogP contribution is 2.40. The van der Waals surface area contributed by atoms with E-state index in [9.17, 15) is 0 Å². The van der Waals surface area contributed by atoms with Gasteiger partial charge in [0, 0.05) is 18.5 Å². The maximum absolute atomic E-state index is 6.28. The molecule has 2 unspecified atom stereocenters. The molecule has 1 aliphatic carbocycles. The molecule has 0 heterocycles. The summed E-state index contributed by atoms with van der Waals surface area (Å²) in [6, 6.07) is 14.0. The first-order valence-electron chi connectivity index (χ1n) is 7.39. The topological polar surface area (TPSA) is 12.5 Å². The summed E-state index contributed by atoms with van der Waals surface area (Å²) in [7, 11) is 4.19. The summed E-state index contributed by atoms with van der Waals surface area (Å²) >= 11 is 12.1. The predicted octanol–water partition coefficient (Wildman–Crippen LogP) is 5.27. The van der Waals surface area contributed by atoms with Crippen molar-refractivity contribution < 1.29 is 4.74 Å². The molecular weight excluding hydrogens is 353 g/mol. The Kier molecular flexibility index (Phi) is 6.21. The minimum Gasteiger partial charge on any atom is -0.485 e. The zero-order chi connectivity index (χ0) is 15.7.